The molecule has 0 bridgehead atoms. The normalized spacial score (nSPS) is 15.3. The zero-order valence-electron chi connectivity index (χ0n) is 16.6. The van der Waals surface area contributed by atoms with Crippen molar-refractivity contribution in [2.45, 2.75) is 18.0 Å². The molecule has 0 amide bonds. The highest BCUT2D eigenvalue weighted by molar-refractivity contribution is 7.93. The fourth-order valence-electron chi connectivity index (χ4n) is 3.53. The van der Waals surface area contributed by atoms with Gasteiger partial charge in [0.1, 0.15) is 4.90 Å². The van der Waals surface area contributed by atoms with E-state index in [2.05, 4.69) is 9.71 Å². The molecule has 1 fully saturated rings. The van der Waals surface area contributed by atoms with Gasteiger partial charge in [0.25, 0.3) is 10.0 Å². The van der Waals surface area contributed by atoms with Gasteiger partial charge < -0.3 is 9.64 Å². The van der Waals surface area contributed by atoms with Crippen LogP contribution in [0.25, 0.3) is 10.9 Å². The van der Waals surface area contributed by atoms with E-state index in [1.807, 2.05) is 6.92 Å². The van der Waals surface area contributed by atoms with Crippen molar-refractivity contribution in [3.8, 4) is 0 Å². The molecule has 1 aromatic heterocycles. The summed E-state index contributed by atoms with van der Waals surface area (Å²) in [6, 6.07) is 9.55. The molecule has 0 radical (unpaired) electrons. The first-order valence-electron chi connectivity index (χ1n) is 9.57. The average Bonchev–Trinajstić information content (AvgIpc) is 2.72. The van der Waals surface area contributed by atoms with Crippen molar-refractivity contribution >= 4 is 32.3 Å². The Morgan fingerprint density at radius 1 is 1.10 bits per heavy atom. The number of aromatic nitrogens is 1. The van der Waals surface area contributed by atoms with E-state index in [-0.39, 0.29) is 16.1 Å². The fraction of sp³-hybridized carbons (Fsp3) is 0.286. The lowest BCUT2D eigenvalue weighted by atomic mass is 10.1. The van der Waals surface area contributed by atoms with Crippen LogP contribution >= 0.6 is 0 Å². The van der Waals surface area contributed by atoms with Crippen LogP contribution in [-0.4, -0.2) is 39.7 Å². The Hall–Kier alpha value is -2.85. The molecule has 1 aliphatic rings. The minimum atomic E-state index is -4.61. The highest BCUT2D eigenvalue weighted by Crippen LogP contribution is 2.37. The molecule has 164 valence electrons. The van der Waals surface area contributed by atoms with E-state index in [0.717, 1.165) is 17.7 Å². The maximum atomic E-state index is 13.3. The smallest absolute Gasteiger partial charge is 0.378 e. The Kier molecular flexibility index (Phi) is 5.52. The van der Waals surface area contributed by atoms with Gasteiger partial charge in [-0.25, -0.2) is 8.42 Å². The van der Waals surface area contributed by atoms with Gasteiger partial charge in [0.05, 0.1) is 35.7 Å². The van der Waals surface area contributed by atoms with E-state index in [9.17, 15) is 21.6 Å². The van der Waals surface area contributed by atoms with Crippen molar-refractivity contribution in [2.75, 3.05) is 35.9 Å². The molecule has 1 aliphatic heterocycles. The summed E-state index contributed by atoms with van der Waals surface area (Å²) in [4.78, 5) is 5.93. The van der Waals surface area contributed by atoms with Crippen molar-refractivity contribution in [3.05, 3.63) is 59.8 Å². The Morgan fingerprint density at radius 3 is 2.55 bits per heavy atom. The van der Waals surface area contributed by atoms with Crippen LogP contribution in [0.1, 0.15) is 11.1 Å². The van der Waals surface area contributed by atoms with E-state index in [1.54, 1.807) is 29.3 Å². The molecule has 0 unspecified atom stereocenters. The monoisotopic (exact) mass is 451 g/mol. The van der Waals surface area contributed by atoms with Crippen LogP contribution in [0.4, 0.5) is 24.5 Å². The number of anilines is 2. The molecule has 1 saturated heterocycles. The van der Waals surface area contributed by atoms with Crippen molar-refractivity contribution < 1.29 is 26.3 Å². The number of nitrogens with zero attached hydrogens (tertiary/aromatic N) is 2. The molecule has 1 N–H and O–H groups in total. The number of benzene rings is 2. The quantitative estimate of drug-likeness (QED) is 0.644. The topological polar surface area (TPSA) is 71.5 Å². The Balaban J connectivity index is 1.80. The van der Waals surface area contributed by atoms with Crippen LogP contribution in [0.3, 0.4) is 0 Å². The third-order valence-electron chi connectivity index (χ3n) is 5.02. The maximum Gasteiger partial charge on any atom is 0.416 e. The van der Waals surface area contributed by atoms with Gasteiger partial charge in [0.15, 0.2) is 0 Å². The number of fused-ring (bicyclic) bond motifs is 1. The Labute approximate surface area is 177 Å². The van der Waals surface area contributed by atoms with Gasteiger partial charge in [-0.3, -0.25) is 9.71 Å². The first kappa shape index (κ1) is 21.4. The van der Waals surface area contributed by atoms with Crippen molar-refractivity contribution in [1.82, 2.24) is 4.98 Å². The van der Waals surface area contributed by atoms with Gasteiger partial charge in [-0.1, -0.05) is 12.1 Å². The van der Waals surface area contributed by atoms with E-state index in [1.165, 1.54) is 12.1 Å². The third kappa shape index (κ3) is 4.45. The van der Waals surface area contributed by atoms with Gasteiger partial charge in [0.2, 0.25) is 0 Å². The lowest BCUT2D eigenvalue weighted by molar-refractivity contribution is -0.137. The van der Waals surface area contributed by atoms with Crippen molar-refractivity contribution in [1.29, 1.82) is 0 Å². The summed E-state index contributed by atoms with van der Waals surface area (Å²) in [5.74, 6) is 0. The summed E-state index contributed by atoms with van der Waals surface area (Å²) in [6.45, 7) is 3.52. The predicted molar refractivity (Wildman–Crippen MR) is 112 cm³/mol. The SMILES string of the molecule is Cc1cnc2c(S(=O)(=O)Nc3cc(C(F)(F)F)ccc3N3CCOCC3)cccc2c1. The van der Waals surface area contributed by atoms with Crippen LogP contribution in [0.2, 0.25) is 0 Å². The second-order valence-corrected chi connectivity index (χ2v) is 8.93. The number of rotatable bonds is 4. The number of sulfonamides is 1. The minimum Gasteiger partial charge on any atom is -0.378 e. The zero-order chi connectivity index (χ0) is 22.2. The van der Waals surface area contributed by atoms with Crippen LogP contribution in [0, 0.1) is 6.92 Å². The van der Waals surface area contributed by atoms with Gasteiger partial charge in [-0.2, -0.15) is 13.2 Å². The maximum absolute atomic E-state index is 13.3. The first-order chi connectivity index (χ1) is 14.6. The predicted octanol–water partition coefficient (Wildman–Crippen LogP) is 4.20. The number of nitrogens with one attached hydrogen (secondary N) is 1. The number of aryl methyl sites for hydroxylation is 1. The molecule has 0 saturated carbocycles. The van der Waals surface area contributed by atoms with E-state index in [0.29, 0.717) is 37.4 Å². The fourth-order valence-corrected chi connectivity index (χ4v) is 4.78. The number of morpholine rings is 1. The highest BCUT2D eigenvalue weighted by Gasteiger charge is 2.32. The lowest BCUT2D eigenvalue weighted by Crippen LogP contribution is -2.36. The van der Waals surface area contributed by atoms with Crippen LogP contribution in [0.5, 0.6) is 0 Å². The highest BCUT2D eigenvalue weighted by atomic mass is 32.2. The lowest BCUT2D eigenvalue weighted by Gasteiger charge is -2.31. The molecular formula is C21H20F3N3O3S. The molecule has 10 heteroatoms. The number of para-hydroxylation sites is 1. The number of alkyl halides is 3. The van der Waals surface area contributed by atoms with Crippen LogP contribution in [0.15, 0.2) is 53.6 Å². The summed E-state index contributed by atoms with van der Waals surface area (Å²) in [7, 11) is -4.21. The molecule has 0 spiro atoms. The molecule has 2 aromatic carbocycles. The molecule has 3 aromatic rings. The Morgan fingerprint density at radius 2 is 1.84 bits per heavy atom. The van der Waals surface area contributed by atoms with E-state index < -0.39 is 21.8 Å². The molecule has 6 nitrogen and oxygen atoms in total. The molecule has 31 heavy (non-hydrogen) atoms. The standard InChI is InChI=1S/C21H20F3N3O3S/c1-14-11-15-3-2-4-19(20(15)25-13-14)31(28,29)26-17-12-16(21(22,23)24)5-6-18(17)27-7-9-30-10-8-27/h2-6,11-13,26H,7-10H2,1H3. The van der Waals surface area contributed by atoms with Gasteiger partial charge in [-0.05, 0) is 42.8 Å². The number of hydrogen-bond donors (Lipinski definition) is 1. The van der Waals surface area contributed by atoms with Gasteiger partial charge >= 0.3 is 6.18 Å². The van der Waals surface area contributed by atoms with Crippen LogP contribution in [-0.2, 0) is 20.9 Å². The second-order valence-electron chi connectivity index (χ2n) is 7.28. The average molecular weight is 451 g/mol. The van der Waals surface area contributed by atoms with Crippen molar-refractivity contribution in [2.24, 2.45) is 0 Å². The number of pyridine rings is 1. The molecule has 4 rings (SSSR count). The Bertz CT molecular complexity index is 1220. The third-order valence-corrected chi connectivity index (χ3v) is 6.42. The number of halogens is 3. The summed E-state index contributed by atoms with van der Waals surface area (Å²) in [6.07, 6.45) is -3.06. The summed E-state index contributed by atoms with van der Waals surface area (Å²) >= 11 is 0. The molecule has 0 atom stereocenters. The summed E-state index contributed by atoms with van der Waals surface area (Å²) in [5, 5.41) is 0.625. The number of hydrogen-bond acceptors (Lipinski definition) is 5. The van der Waals surface area contributed by atoms with Gasteiger partial charge in [0, 0.05) is 24.7 Å². The molecular weight excluding hydrogens is 431 g/mol. The summed E-state index contributed by atoms with van der Waals surface area (Å²) in [5.41, 5.74) is 0.404. The molecule has 0 aliphatic carbocycles. The van der Waals surface area contributed by atoms with Gasteiger partial charge in [-0.15, -0.1) is 0 Å². The van der Waals surface area contributed by atoms with Crippen molar-refractivity contribution in [3.63, 3.8) is 0 Å². The minimum absolute atomic E-state index is 0.102. The van der Waals surface area contributed by atoms with E-state index in [4.69, 9.17) is 4.74 Å². The van der Waals surface area contributed by atoms with E-state index >= 15 is 0 Å². The zero-order valence-corrected chi connectivity index (χ0v) is 17.4. The second kappa shape index (κ2) is 8.01. The molecule has 2 heterocycles. The largest absolute Gasteiger partial charge is 0.416 e. The summed E-state index contributed by atoms with van der Waals surface area (Å²) < 4.78 is 74.1. The number of ether oxygens (including phenoxy) is 1. The van der Waals surface area contributed by atoms with Crippen LogP contribution < -0.4 is 9.62 Å². The first-order valence-corrected chi connectivity index (χ1v) is 11.1.